The van der Waals surface area contributed by atoms with Gasteiger partial charge in [-0.1, -0.05) is 62.4 Å². The molecule has 0 bridgehead atoms. The van der Waals surface area contributed by atoms with Crippen molar-refractivity contribution in [3.63, 3.8) is 0 Å². The summed E-state index contributed by atoms with van der Waals surface area (Å²) in [5, 5.41) is 13.4. The Balaban J connectivity index is 0.00000195. The largest absolute Gasteiger partial charge is 0.489 e. The number of nitrogens with two attached hydrogens (primary N) is 1. The minimum Gasteiger partial charge on any atom is -0.489 e. The van der Waals surface area contributed by atoms with Crippen molar-refractivity contribution in [1.82, 2.24) is 10.2 Å². The quantitative estimate of drug-likeness (QED) is 0.306. The predicted octanol–water partition coefficient (Wildman–Crippen LogP) is 5.72. The molecule has 0 aromatic heterocycles. The van der Waals surface area contributed by atoms with Crippen molar-refractivity contribution in [1.29, 1.82) is 5.26 Å². The molecule has 0 atom stereocenters. The maximum atomic E-state index is 9.66. The van der Waals surface area contributed by atoms with E-state index in [0.29, 0.717) is 28.8 Å². The molecule has 0 saturated carbocycles. The summed E-state index contributed by atoms with van der Waals surface area (Å²) in [6.45, 7) is 13.8. The average Bonchev–Trinajstić information content (AvgIpc) is 2.88. The van der Waals surface area contributed by atoms with Crippen molar-refractivity contribution in [3.8, 4) is 11.8 Å². The SMILES string of the molecule is C=C(/N=C\C(=C/C)c1ccc(C(C)(C)c2cc(Cl)c(OCCCl)c(C#N)c2)cc1)N1CCC12CNC2.CN. The van der Waals surface area contributed by atoms with Crippen LogP contribution in [0, 0.1) is 11.3 Å². The number of nitriles is 1. The molecule has 1 spiro atoms. The Labute approximate surface area is 236 Å². The standard InChI is InChI=1S/C29H32Cl2N4O.CH5N/c1-5-21(17-34-20(2)35-12-10-29(35)18-33-19-29)22-6-8-24(9-7-22)28(3,4)25-14-23(16-32)27(26(31)15-25)36-13-11-30;1-2/h5-9,14-15,17,33H,2,10-13,18-19H2,1,3-4H3;2H2,1H3/b21-5+,34-17-;. The molecule has 2 fully saturated rings. The zero-order chi connectivity index (χ0) is 27.9. The van der Waals surface area contributed by atoms with E-state index < -0.39 is 0 Å². The lowest BCUT2D eigenvalue weighted by Crippen LogP contribution is -2.75. The lowest BCUT2D eigenvalue weighted by atomic mass is 9.77. The van der Waals surface area contributed by atoms with E-state index in [1.54, 1.807) is 0 Å². The molecular formula is C30H37Cl2N5O. The number of nitrogens with one attached hydrogen (secondary N) is 1. The van der Waals surface area contributed by atoms with E-state index in [-0.39, 0.29) is 11.0 Å². The third-order valence-corrected chi connectivity index (χ3v) is 7.84. The van der Waals surface area contributed by atoms with Crippen LogP contribution < -0.4 is 15.8 Å². The highest BCUT2D eigenvalue weighted by atomic mass is 35.5. The van der Waals surface area contributed by atoms with Gasteiger partial charge in [0.2, 0.25) is 0 Å². The molecule has 0 unspecified atom stereocenters. The van der Waals surface area contributed by atoms with E-state index in [2.05, 4.69) is 72.8 Å². The van der Waals surface area contributed by atoms with Crippen LogP contribution in [-0.4, -0.2) is 55.8 Å². The third-order valence-electron chi connectivity index (χ3n) is 7.41. The first-order chi connectivity index (χ1) is 18.3. The summed E-state index contributed by atoms with van der Waals surface area (Å²) in [5.41, 5.74) is 8.93. The maximum absolute atomic E-state index is 9.66. The summed E-state index contributed by atoms with van der Waals surface area (Å²) in [6, 6.07) is 14.4. The van der Waals surface area contributed by atoms with E-state index >= 15 is 0 Å². The number of hydrogen-bond acceptors (Lipinski definition) is 6. The molecule has 0 amide bonds. The zero-order valence-corrected chi connectivity index (χ0v) is 24.2. The second kappa shape index (κ2) is 12.8. The highest BCUT2D eigenvalue weighted by Gasteiger charge is 2.49. The number of nitrogens with zero attached hydrogens (tertiary/aromatic N) is 3. The number of rotatable bonds is 9. The minimum atomic E-state index is -0.375. The molecule has 2 aromatic carbocycles. The van der Waals surface area contributed by atoms with E-state index in [1.165, 1.54) is 13.5 Å². The number of ether oxygens (including phenoxy) is 1. The number of benzene rings is 2. The summed E-state index contributed by atoms with van der Waals surface area (Å²) in [5.74, 6) is 1.53. The van der Waals surface area contributed by atoms with Crippen LogP contribution in [0.25, 0.3) is 5.57 Å². The Kier molecular flexibility index (Phi) is 10.0. The molecule has 2 aliphatic heterocycles. The molecule has 2 heterocycles. The van der Waals surface area contributed by atoms with Crippen LogP contribution in [0.3, 0.4) is 0 Å². The second-order valence-corrected chi connectivity index (χ2v) is 10.6. The van der Waals surface area contributed by atoms with E-state index in [1.807, 2.05) is 25.3 Å². The Bertz CT molecular complexity index is 1240. The van der Waals surface area contributed by atoms with Gasteiger partial charge in [0.1, 0.15) is 18.5 Å². The van der Waals surface area contributed by atoms with E-state index in [9.17, 15) is 5.26 Å². The number of likely N-dealkylation sites (tertiary alicyclic amines) is 1. The molecule has 0 aliphatic carbocycles. The van der Waals surface area contributed by atoms with E-state index in [0.717, 1.165) is 47.7 Å². The van der Waals surface area contributed by atoms with Gasteiger partial charge >= 0.3 is 0 Å². The zero-order valence-electron chi connectivity index (χ0n) is 22.7. The summed E-state index contributed by atoms with van der Waals surface area (Å²) < 4.78 is 5.60. The molecule has 3 N–H and O–H groups in total. The minimum absolute atomic E-state index is 0.237. The first-order valence-electron chi connectivity index (χ1n) is 12.7. The van der Waals surface area contributed by atoms with E-state index in [4.69, 9.17) is 32.9 Å². The molecular weight excluding hydrogens is 517 g/mol. The fourth-order valence-electron chi connectivity index (χ4n) is 4.82. The topological polar surface area (TPSA) is 86.7 Å². The summed E-state index contributed by atoms with van der Waals surface area (Å²) in [6.07, 6.45) is 5.16. The number of hydrogen-bond donors (Lipinski definition) is 2. The van der Waals surface area contributed by atoms with Gasteiger partial charge in [0.15, 0.2) is 5.75 Å². The Morgan fingerprint density at radius 2 is 1.95 bits per heavy atom. The molecule has 2 aromatic rings. The third kappa shape index (κ3) is 5.92. The molecule has 202 valence electrons. The highest BCUT2D eigenvalue weighted by molar-refractivity contribution is 6.32. The van der Waals surface area contributed by atoms with Crippen molar-refractivity contribution in [2.24, 2.45) is 10.7 Å². The molecule has 6 nitrogen and oxygen atoms in total. The normalized spacial score (nSPS) is 16.3. The monoisotopic (exact) mass is 553 g/mol. The molecule has 38 heavy (non-hydrogen) atoms. The second-order valence-electron chi connectivity index (χ2n) is 9.83. The van der Waals surface area contributed by atoms with Crippen molar-refractivity contribution in [2.45, 2.75) is 38.1 Å². The lowest BCUT2D eigenvalue weighted by molar-refractivity contribution is -0.0243. The molecule has 0 radical (unpaired) electrons. The van der Waals surface area contributed by atoms with Gasteiger partial charge < -0.3 is 20.7 Å². The number of alkyl halides is 1. The van der Waals surface area contributed by atoms with Crippen LogP contribution in [0.4, 0.5) is 0 Å². The average molecular weight is 555 g/mol. The van der Waals surface area contributed by atoms with Crippen LogP contribution in [0.5, 0.6) is 5.75 Å². The Morgan fingerprint density at radius 1 is 1.26 bits per heavy atom. The molecule has 2 saturated heterocycles. The van der Waals surface area contributed by atoms with Gasteiger partial charge in [-0.2, -0.15) is 5.26 Å². The first kappa shape index (κ1) is 29.7. The van der Waals surface area contributed by atoms with Crippen molar-refractivity contribution in [3.05, 3.63) is 82.2 Å². The number of aliphatic imine (C=N–C) groups is 1. The van der Waals surface area contributed by atoms with Crippen LogP contribution >= 0.6 is 23.2 Å². The fraction of sp³-hybridized carbons (Fsp3) is 0.400. The van der Waals surface area contributed by atoms with Gasteiger partial charge in [0.25, 0.3) is 0 Å². The lowest BCUT2D eigenvalue weighted by Gasteiger charge is -2.59. The van der Waals surface area contributed by atoms with Gasteiger partial charge in [-0.15, -0.1) is 11.6 Å². The highest BCUT2D eigenvalue weighted by Crippen LogP contribution is 2.39. The van der Waals surface area contributed by atoms with Gasteiger partial charge in [-0.25, -0.2) is 4.99 Å². The number of halogens is 2. The van der Waals surface area contributed by atoms with Crippen molar-refractivity contribution in [2.75, 3.05) is 39.2 Å². The van der Waals surface area contributed by atoms with Crippen LogP contribution in [0.2, 0.25) is 5.02 Å². The summed E-state index contributed by atoms with van der Waals surface area (Å²) >= 11 is 12.2. The fourth-order valence-corrected chi connectivity index (χ4v) is 5.18. The summed E-state index contributed by atoms with van der Waals surface area (Å²) in [7, 11) is 1.50. The number of allylic oxidation sites excluding steroid dienone is 2. The molecule has 4 rings (SSSR count). The Morgan fingerprint density at radius 3 is 2.45 bits per heavy atom. The van der Waals surface area contributed by atoms with Crippen molar-refractivity contribution < 1.29 is 4.74 Å². The predicted molar refractivity (Wildman–Crippen MR) is 159 cm³/mol. The smallest absolute Gasteiger partial charge is 0.155 e. The van der Waals surface area contributed by atoms with Crippen LogP contribution in [-0.2, 0) is 5.41 Å². The van der Waals surface area contributed by atoms with Crippen molar-refractivity contribution >= 4 is 35.0 Å². The molecule has 8 heteroatoms. The van der Waals surface area contributed by atoms with Crippen LogP contribution in [0.1, 0.15) is 49.4 Å². The maximum Gasteiger partial charge on any atom is 0.155 e. The van der Waals surface area contributed by atoms with Gasteiger partial charge in [-0.05, 0) is 54.8 Å². The van der Waals surface area contributed by atoms with Gasteiger partial charge in [0, 0.05) is 31.3 Å². The molecule has 2 aliphatic rings. The van der Waals surface area contributed by atoms with Gasteiger partial charge in [0.05, 0.1) is 22.0 Å². The Hall–Kier alpha value is -2.82. The van der Waals surface area contributed by atoms with Gasteiger partial charge in [-0.3, -0.25) is 0 Å². The van der Waals surface area contributed by atoms with Crippen LogP contribution in [0.15, 0.2) is 59.9 Å². The summed E-state index contributed by atoms with van der Waals surface area (Å²) in [4.78, 5) is 7.00. The first-order valence-corrected chi connectivity index (χ1v) is 13.7.